The van der Waals surface area contributed by atoms with Crippen LogP contribution in [0, 0.1) is 6.92 Å². The highest BCUT2D eigenvalue weighted by atomic mass is 127. The molecule has 180 valence electrons. The monoisotopic (exact) mass is 564 g/mol. The maximum Gasteiger partial charge on any atom is 0.227 e. The highest BCUT2D eigenvalue weighted by Gasteiger charge is 2.10. The fourth-order valence-electron chi connectivity index (χ4n) is 3.75. The summed E-state index contributed by atoms with van der Waals surface area (Å²) in [6.45, 7) is 9.25. The molecule has 1 aliphatic heterocycles. The molecule has 1 amide bonds. The van der Waals surface area contributed by atoms with Crippen molar-refractivity contribution >= 4 is 41.7 Å². The van der Waals surface area contributed by atoms with Gasteiger partial charge in [0.2, 0.25) is 5.91 Å². The Labute approximate surface area is 214 Å². The van der Waals surface area contributed by atoms with E-state index in [4.69, 9.17) is 0 Å². The van der Waals surface area contributed by atoms with Crippen LogP contribution in [0.4, 0.5) is 5.82 Å². The fraction of sp³-hybridized carbons (Fsp3) is 0.480. The number of carbonyl (C=O) groups is 1. The maximum atomic E-state index is 12.2. The summed E-state index contributed by atoms with van der Waals surface area (Å²) in [6, 6.07) is 14.3. The van der Waals surface area contributed by atoms with Gasteiger partial charge in [0.15, 0.2) is 5.96 Å². The average Bonchev–Trinajstić information content (AvgIpc) is 2.79. The molecule has 1 aliphatic rings. The van der Waals surface area contributed by atoms with Gasteiger partial charge in [0.25, 0.3) is 0 Å². The van der Waals surface area contributed by atoms with E-state index in [2.05, 4.69) is 55.1 Å². The van der Waals surface area contributed by atoms with Crippen LogP contribution in [0.1, 0.15) is 49.4 Å². The largest absolute Gasteiger partial charge is 0.357 e. The number of likely N-dealkylation sites (tertiary alicyclic amines) is 1. The lowest BCUT2D eigenvalue weighted by molar-refractivity contribution is -0.116. The fourth-order valence-corrected chi connectivity index (χ4v) is 3.75. The Morgan fingerprint density at radius 2 is 1.76 bits per heavy atom. The summed E-state index contributed by atoms with van der Waals surface area (Å²) < 4.78 is 0. The molecule has 7 nitrogen and oxygen atoms in total. The van der Waals surface area contributed by atoms with Gasteiger partial charge in [0, 0.05) is 31.7 Å². The Balaban J connectivity index is 0.00000385. The number of halogens is 1. The number of hydrogen-bond donors (Lipinski definition) is 3. The lowest BCUT2D eigenvalue weighted by atomic mass is 10.1. The number of aromatic nitrogens is 1. The normalized spacial score (nSPS) is 14.3. The molecule has 2 heterocycles. The molecule has 0 spiro atoms. The van der Waals surface area contributed by atoms with E-state index in [0.717, 1.165) is 18.8 Å². The zero-order chi connectivity index (χ0) is 22.6. The number of benzene rings is 1. The first-order valence-corrected chi connectivity index (χ1v) is 11.7. The average molecular weight is 565 g/mol. The van der Waals surface area contributed by atoms with Crippen LogP contribution >= 0.6 is 24.0 Å². The smallest absolute Gasteiger partial charge is 0.227 e. The van der Waals surface area contributed by atoms with Gasteiger partial charge in [0.05, 0.1) is 6.54 Å². The Morgan fingerprint density at radius 3 is 2.45 bits per heavy atom. The molecule has 3 rings (SSSR count). The van der Waals surface area contributed by atoms with E-state index >= 15 is 0 Å². The van der Waals surface area contributed by atoms with Gasteiger partial charge in [-0.1, -0.05) is 36.8 Å². The van der Waals surface area contributed by atoms with Crippen LogP contribution in [0.2, 0.25) is 0 Å². The number of amides is 1. The number of aliphatic imine (C=N–C) groups is 1. The number of nitrogens with one attached hydrogen (secondary N) is 3. The SMILES string of the molecule is CCNC(=NCc1ccc(CN2CCCCC2)cc1)NCCC(=O)Nc1cccc(C)n1.I. The lowest BCUT2D eigenvalue weighted by Gasteiger charge is -2.26. The van der Waals surface area contributed by atoms with Crippen molar-refractivity contribution in [3.05, 3.63) is 59.3 Å². The summed E-state index contributed by atoms with van der Waals surface area (Å²) in [7, 11) is 0. The lowest BCUT2D eigenvalue weighted by Crippen LogP contribution is -2.38. The number of piperidine rings is 1. The molecule has 0 atom stereocenters. The summed E-state index contributed by atoms with van der Waals surface area (Å²) in [4.78, 5) is 23.7. The van der Waals surface area contributed by atoms with Gasteiger partial charge < -0.3 is 16.0 Å². The third-order valence-electron chi connectivity index (χ3n) is 5.44. The van der Waals surface area contributed by atoms with E-state index in [-0.39, 0.29) is 29.9 Å². The predicted octanol–water partition coefficient (Wildman–Crippen LogP) is 4.08. The summed E-state index contributed by atoms with van der Waals surface area (Å²) in [5.41, 5.74) is 3.41. The van der Waals surface area contributed by atoms with Gasteiger partial charge >= 0.3 is 0 Å². The van der Waals surface area contributed by atoms with Crippen LogP contribution in [-0.4, -0.2) is 47.9 Å². The van der Waals surface area contributed by atoms with Gasteiger partial charge in [-0.2, -0.15) is 0 Å². The molecule has 0 unspecified atom stereocenters. The zero-order valence-corrected chi connectivity index (χ0v) is 22.1. The minimum atomic E-state index is -0.0734. The molecular weight excluding hydrogens is 527 g/mol. The third kappa shape index (κ3) is 10.1. The number of nitrogens with zero attached hydrogens (tertiary/aromatic N) is 3. The molecule has 2 aromatic rings. The Bertz CT molecular complexity index is 881. The highest BCUT2D eigenvalue weighted by Crippen LogP contribution is 2.14. The van der Waals surface area contributed by atoms with E-state index in [1.165, 1.54) is 43.5 Å². The van der Waals surface area contributed by atoms with Gasteiger partial charge in [-0.05, 0) is 63.0 Å². The van der Waals surface area contributed by atoms with Crippen molar-refractivity contribution in [3.63, 3.8) is 0 Å². The minimum absolute atomic E-state index is 0. The van der Waals surface area contributed by atoms with Crippen LogP contribution in [-0.2, 0) is 17.9 Å². The van der Waals surface area contributed by atoms with Crippen molar-refractivity contribution in [2.75, 3.05) is 31.5 Å². The standard InChI is InChI=1S/C25H36N6O.HI/c1-3-26-25(27-15-14-24(32)30-23-9-7-8-20(2)29-23)28-18-21-10-12-22(13-11-21)19-31-16-5-4-6-17-31;/h7-13H,3-6,14-19H2,1-2H3,(H2,26,27,28)(H,29,30,32);1H. The van der Waals surface area contributed by atoms with E-state index in [1.807, 2.05) is 26.0 Å². The van der Waals surface area contributed by atoms with Crippen LogP contribution in [0.15, 0.2) is 47.5 Å². The highest BCUT2D eigenvalue weighted by molar-refractivity contribution is 14.0. The third-order valence-corrected chi connectivity index (χ3v) is 5.44. The number of aryl methyl sites for hydroxylation is 1. The van der Waals surface area contributed by atoms with Gasteiger partial charge in [-0.3, -0.25) is 9.69 Å². The van der Waals surface area contributed by atoms with Gasteiger partial charge in [-0.15, -0.1) is 24.0 Å². The molecule has 1 aromatic heterocycles. The molecule has 0 aliphatic carbocycles. The second-order valence-corrected chi connectivity index (χ2v) is 8.24. The molecule has 0 saturated carbocycles. The first-order valence-electron chi connectivity index (χ1n) is 11.7. The summed E-state index contributed by atoms with van der Waals surface area (Å²) in [5, 5.41) is 9.30. The molecule has 0 bridgehead atoms. The van der Waals surface area contributed by atoms with Crippen molar-refractivity contribution in [1.82, 2.24) is 20.5 Å². The van der Waals surface area contributed by atoms with Crippen molar-refractivity contribution in [2.45, 2.75) is 52.6 Å². The summed E-state index contributed by atoms with van der Waals surface area (Å²) in [5.74, 6) is 1.22. The number of hydrogen-bond acceptors (Lipinski definition) is 4. The number of carbonyl (C=O) groups excluding carboxylic acids is 1. The maximum absolute atomic E-state index is 12.2. The molecule has 0 radical (unpaired) electrons. The molecule has 1 saturated heterocycles. The predicted molar refractivity (Wildman–Crippen MR) is 146 cm³/mol. The zero-order valence-electron chi connectivity index (χ0n) is 19.8. The number of rotatable bonds is 9. The topological polar surface area (TPSA) is 81.7 Å². The second-order valence-electron chi connectivity index (χ2n) is 8.24. The molecule has 1 aromatic carbocycles. The summed E-state index contributed by atoms with van der Waals surface area (Å²) >= 11 is 0. The van der Waals surface area contributed by atoms with E-state index in [1.54, 1.807) is 6.07 Å². The van der Waals surface area contributed by atoms with E-state index < -0.39 is 0 Å². The van der Waals surface area contributed by atoms with Crippen LogP contribution in [0.5, 0.6) is 0 Å². The number of pyridine rings is 1. The first-order chi connectivity index (χ1) is 15.6. The van der Waals surface area contributed by atoms with Crippen LogP contribution in [0.3, 0.4) is 0 Å². The Hall–Kier alpha value is -2.20. The van der Waals surface area contributed by atoms with E-state index in [9.17, 15) is 4.79 Å². The van der Waals surface area contributed by atoms with Crippen molar-refractivity contribution < 1.29 is 4.79 Å². The van der Waals surface area contributed by atoms with Crippen molar-refractivity contribution in [3.8, 4) is 0 Å². The Kier molecular flexibility index (Phi) is 12.2. The summed E-state index contributed by atoms with van der Waals surface area (Å²) in [6.07, 6.45) is 4.34. The van der Waals surface area contributed by atoms with E-state index in [0.29, 0.717) is 31.3 Å². The Morgan fingerprint density at radius 1 is 1.03 bits per heavy atom. The van der Waals surface area contributed by atoms with Crippen LogP contribution in [0.25, 0.3) is 0 Å². The first kappa shape index (κ1) is 27.0. The minimum Gasteiger partial charge on any atom is -0.357 e. The van der Waals surface area contributed by atoms with Crippen LogP contribution < -0.4 is 16.0 Å². The number of anilines is 1. The molecular formula is C25H37IN6O. The second kappa shape index (κ2) is 14.8. The molecule has 33 heavy (non-hydrogen) atoms. The van der Waals surface area contributed by atoms with Crippen molar-refractivity contribution in [1.29, 1.82) is 0 Å². The number of guanidine groups is 1. The van der Waals surface area contributed by atoms with Crippen molar-refractivity contribution in [2.24, 2.45) is 4.99 Å². The molecule has 8 heteroatoms. The quantitative estimate of drug-likeness (QED) is 0.243. The van der Waals surface area contributed by atoms with Gasteiger partial charge in [-0.25, -0.2) is 9.98 Å². The van der Waals surface area contributed by atoms with Gasteiger partial charge in [0.1, 0.15) is 5.82 Å². The molecule has 3 N–H and O–H groups in total. The molecule has 1 fully saturated rings.